The standard InChI is InChI=1S/C25H32N8O/c1-17-14-24(32-31-17)29-23-15-22-21(7-6-20(27-22)16-33-10-12-34-13-11-33)25(30-23)28-19-4-2-18(3-5-19)8-9-26/h6-7,14-15,18-19H,2-5,8,10-13,16H2,1H3,(H3,28,29,30,31,32)/t18-,19-. The topological polar surface area (TPSA) is 115 Å². The summed E-state index contributed by atoms with van der Waals surface area (Å²) in [7, 11) is 0. The summed E-state index contributed by atoms with van der Waals surface area (Å²) in [5, 5.41) is 24.3. The van der Waals surface area contributed by atoms with Gasteiger partial charge in [0.05, 0.1) is 30.5 Å². The van der Waals surface area contributed by atoms with Crippen molar-refractivity contribution in [1.82, 2.24) is 25.1 Å². The number of hydrogen-bond donors (Lipinski definition) is 3. The van der Waals surface area contributed by atoms with Gasteiger partial charge in [0.2, 0.25) is 0 Å². The number of morpholine rings is 1. The fourth-order valence-electron chi connectivity index (χ4n) is 4.87. The van der Waals surface area contributed by atoms with Crippen LogP contribution in [0.25, 0.3) is 10.9 Å². The number of ether oxygens (including phenoxy) is 1. The molecule has 1 aliphatic heterocycles. The van der Waals surface area contributed by atoms with Crippen LogP contribution in [0.3, 0.4) is 0 Å². The van der Waals surface area contributed by atoms with E-state index in [1.54, 1.807) is 0 Å². The molecule has 0 unspecified atom stereocenters. The minimum Gasteiger partial charge on any atom is -0.379 e. The molecule has 3 aromatic heterocycles. The van der Waals surface area contributed by atoms with E-state index in [9.17, 15) is 0 Å². The number of nitrogens with one attached hydrogen (secondary N) is 3. The number of rotatable bonds is 7. The van der Waals surface area contributed by atoms with Crippen LogP contribution >= 0.6 is 0 Å². The van der Waals surface area contributed by atoms with Crippen molar-refractivity contribution in [1.29, 1.82) is 5.26 Å². The van der Waals surface area contributed by atoms with Gasteiger partial charge in [-0.1, -0.05) is 0 Å². The van der Waals surface area contributed by atoms with Gasteiger partial charge in [0.15, 0.2) is 5.82 Å². The van der Waals surface area contributed by atoms with E-state index in [1.807, 2.05) is 19.1 Å². The molecule has 0 amide bonds. The van der Waals surface area contributed by atoms with Crippen LogP contribution in [0.4, 0.5) is 17.5 Å². The number of nitrogens with zero attached hydrogens (tertiary/aromatic N) is 5. The zero-order chi connectivity index (χ0) is 23.3. The highest BCUT2D eigenvalue weighted by molar-refractivity contribution is 5.91. The third kappa shape index (κ3) is 5.46. The summed E-state index contributed by atoms with van der Waals surface area (Å²) in [5.41, 5.74) is 2.95. The van der Waals surface area contributed by atoms with Crippen molar-refractivity contribution < 1.29 is 4.74 Å². The fraction of sp³-hybridized carbons (Fsp3) is 0.520. The van der Waals surface area contributed by atoms with E-state index in [-0.39, 0.29) is 0 Å². The highest BCUT2D eigenvalue weighted by Gasteiger charge is 2.22. The van der Waals surface area contributed by atoms with Gasteiger partial charge >= 0.3 is 0 Å². The summed E-state index contributed by atoms with van der Waals surface area (Å²) in [5.74, 6) is 2.82. The Bertz CT molecular complexity index is 1160. The van der Waals surface area contributed by atoms with Crippen LogP contribution in [-0.2, 0) is 11.3 Å². The predicted molar refractivity (Wildman–Crippen MR) is 132 cm³/mol. The van der Waals surface area contributed by atoms with Gasteiger partial charge in [-0.25, -0.2) is 4.98 Å². The Morgan fingerprint density at radius 3 is 2.68 bits per heavy atom. The van der Waals surface area contributed by atoms with Crippen molar-refractivity contribution in [3.05, 3.63) is 35.7 Å². The largest absolute Gasteiger partial charge is 0.379 e. The second-order valence-corrected chi connectivity index (χ2v) is 9.40. The maximum atomic E-state index is 9.01. The number of nitriles is 1. The molecule has 5 rings (SSSR count). The molecule has 9 nitrogen and oxygen atoms in total. The van der Waals surface area contributed by atoms with E-state index in [4.69, 9.17) is 20.0 Å². The van der Waals surface area contributed by atoms with Gasteiger partial charge in [0.25, 0.3) is 0 Å². The molecule has 4 heterocycles. The van der Waals surface area contributed by atoms with Crippen molar-refractivity contribution in [2.75, 3.05) is 36.9 Å². The van der Waals surface area contributed by atoms with Crippen LogP contribution in [0.2, 0.25) is 0 Å². The van der Waals surface area contributed by atoms with Gasteiger partial charge in [0, 0.05) is 55.3 Å². The first-order valence-electron chi connectivity index (χ1n) is 12.2. The van der Waals surface area contributed by atoms with Gasteiger partial charge in [-0.05, 0) is 50.7 Å². The zero-order valence-electron chi connectivity index (χ0n) is 19.7. The molecule has 0 bridgehead atoms. The Balaban J connectivity index is 1.40. The van der Waals surface area contributed by atoms with Gasteiger partial charge in [-0.15, -0.1) is 0 Å². The fourth-order valence-corrected chi connectivity index (χ4v) is 4.87. The van der Waals surface area contributed by atoms with Crippen LogP contribution in [0.5, 0.6) is 0 Å². The Hall–Kier alpha value is -3.22. The summed E-state index contributed by atoms with van der Waals surface area (Å²) in [6, 6.07) is 10.9. The summed E-state index contributed by atoms with van der Waals surface area (Å²) in [6.07, 6.45) is 4.92. The maximum absolute atomic E-state index is 9.01. The lowest BCUT2D eigenvalue weighted by molar-refractivity contribution is 0.0337. The summed E-state index contributed by atoms with van der Waals surface area (Å²) >= 11 is 0. The lowest BCUT2D eigenvalue weighted by Gasteiger charge is -2.29. The molecule has 1 saturated heterocycles. The van der Waals surface area contributed by atoms with Gasteiger partial charge < -0.3 is 15.4 Å². The monoisotopic (exact) mass is 460 g/mol. The van der Waals surface area contributed by atoms with Gasteiger partial charge in [-0.2, -0.15) is 10.4 Å². The Labute approximate surface area is 199 Å². The molecule has 3 N–H and O–H groups in total. The van der Waals surface area contributed by atoms with Crippen molar-refractivity contribution in [2.45, 2.75) is 51.6 Å². The molecule has 1 saturated carbocycles. The molecule has 2 aliphatic rings. The zero-order valence-corrected chi connectivity index (χ0v) is 19.7. The average molecular weight is 461 g/mol. The number of aromatic amines is 1. The van der Waals surface area contributed by atoms with Crippen molar-refractivity contribution in [3.8, 4) is 6.07 Å². The molecule has 0 spiro atoms. The number of pyridine rings is 2. The number of anilines is 3. The molecular formula is C25H32N8O. The number of aryl methyl sites for hydroxylation is 1. The summed E-state index contributed by atoms with van der Waals surface area (Å²) in [4.78, 5) is 12.3. The van der Waals surface area contributed by atoms with Gasteiger partial charge in [-0.3, -0.25) is 15.0 Å². The molecule has 3 aromatic rings. The number of fused-ring (bicyclic) bond motifs is 1. The van der Waals surface area contributed by atoms with E-state index in [2.05, 4.69) is 43.9 Å². The van der Waals surface area contributed by atoms with E-state index in [1.165, 1.54) is 0 Å². The number of aromatic nitrogens is 4. The third-order valence-corrected chi connectivity index (χ3v) is 6.76. The average Bonchev–Trinajstić information content (AvgIpc) is 3.25. The lowest BCUT2D eigenvalue weighted by atomic mass is 9.84. The normalized spacial score (nSPS) is 21.3. The minimum atomic E-state index is 0.349. The molecule has 0 atom stereocenters. The Kier molecular flexibility index (Phi) is 6.88. The first-order chi connectivity index (χ1) is 16.7. The predicted octanol–water partition coefficient (Wildman–Crippen LogP) is 4.12. The Morgan fingerprint density at radius 1 is 1.12 bits per heavy atom. The molecule has 2 fully saturated rings. The van der Waals surface area contributed by atoms with Crippen molar-refractivity contribution in [2.24, 2.45) is 5.92 Å². The molecule has 178 valence electrons. The highest BCUT2D eigenvalue weighted by Crippen LogP contribution is 2.31. The Morgan fingerprint density at radius 2 is 1.94 bits per heavy atom. The minimum absolute atomic E-state index is 0.349. The van der Waals surface area contributed by atoms with Crippen molar-refractivity contribution >= 4 is 28.4 Å². The number of hydrogen-bond acceptors (Lipinski definition) is 8. The van der Waals surface area contributed by atoms with E-state index < -0.39 is 0 Å². The van der Waals surface area contributed by atoms with E-state index >= 15 is 0 Å². The summed E-state index contributed by atoms with van der Waals surface area (Å²) in [6.45, 7) is 6.21. The van der Waals surface area contributed by atoms with Gasteiger partial charge in [0.1, 0.15) is 11.6 Å². The third-order valence-electron chi connectivity index (χ3n) is 6.76. The maximum Gasteiger partial charge on any atom is 0.153 e. The molecule has 9 heteroatoms. The SMILES string of the molecule is Cc1cc(Nc2cc3nc(CN4CCOCC4)ccc3c(N[C@H]3CC[C@H](CC#N)CC3)n2)n[nH]1. The highest BCUT2D eigenvalue weighted by atomic mass is 16.5. The van der Waals surface area contributed by atoms with E-state index in [0.29, 0.717) is 18.4 Å². The van der Waals surface area contributed by atoms with Crippen LogP contribution < -0.4 is 10.6 Å². The number of H-pyrrole nitrogens is 1. The van der Waals surface area contributed by atoms with Crippen LogP contribution in [0, 0.1) is 24.2 Å². The lowest BCUT2D eigenvalue weighted by Crippen LogP contribution is -2.35. The van der Waals surface area contributed by atoms with E-state index in [0.717, 1.165) is 98.3 Å². The molecular weight excluding hydrogens is 428 g/mol. The molecule has 0 aromatic carbocycles. The smallest absolute Gasteiger partial charge is 0.153 e. The van der Waals surface area contributed by atoms with Crippen LogP contribution in [0.15, 0.2) is 24.3 Å². The first-order valence-corrected chi connectivity index (χ1v) is 12.2. The second-order valence-electron chi connectivity index (χ2n) is 9.40. The van der Waals surface area contributed by atoms with Crippen LogP contribution in [-0.4, -0.2) is 57.4 Å². The molecule has 1 aliphatic carbocycles. The quantitative estimate of drug-likeness (QED) is 0.482. The van der Waals surface area contributed by atoms with Crippen molar-refractivity contribution in [3.63, 3.8) is 0 Å². The second kappa shape index (κ2) is 10.4. The summed E-state index contributed by atoms with van der Waals surface area (Å²) < 4.78 is 5.48. The first kappa shape index (κ1) is 22.6. The molecule has 34 heavy (non-hydrogen) atoms. The van der Waals surface area contributed by atoms with Crippen LogP contribution in [0.1, 0.15) is 43.5 Å². The molecule has 0 radical (unpaired) electrons.